The second-order valence-corrected chi connectivity index (χ2v) is 4.63. The summed E-state index contributed by atoms with van der Waals surface area (Å²) in [4.78, 5) is 15.2. The molecule has 0 aliphatic carbocycles. The van der Waals surface area contributed by atoms with Gasteiger partial charge in [0.2, 0.25) is 0 Å². The number of aldehydes is 1. The standard InChI is InChI=1S/C16H20N2O3/c1-3-7-20-15-6-5-13(10-19)16(8-15)21-11-14-9-17-12-18(14)4-2/h5-6,8-10,12H,3-4,7,11H2,1-2H3. The maximum Gasteiger partial charge on any atom is 0.153 e. The Labute approximate surface area is 124 Å². The van der Waals surface area contributed by atoms with E-state index >= 15 is 0 Å². The third-order valence-electron chi connectivity index (χ3n) is 3.10. The monoisotopic (exact) mass is 288 g/mol. The zero-order valence-electron chi connectivity index (χ0n) is 12.4. The van der Waals surface area contributed by atoms with Crippen LogP contribution in [0.3, 0.4) is 0 Å². The van der Waals surface area contributed by atoms with Crippen LogP contribution in [-0.4, -0.2) is 22.4 Å². The average molecular weight is 288 g/mol. The first kappa shape index (κ1) is 15.1. The third-order valence-corrected chi connectivity index (χ3v) is 3.10. The molecule has 0 fully saturated rings. The first-order valence-electron chi connectivity index (χ1n) is 7.12. The Morgan fingerprint density at radius 2 is 2.14 bits per heavy atom. The molecule has 0 spiro atoms. The topological polar surface area (TPSA) is 53.4 Å². The highest BCUT2D eigenvalue weighted by atomic mass is 16.5. The van der Waals surface area contributed by atoms with Gasteiger partial charge in [0.05, 0.1) is 30.4 Å². The van der Waals surface area contributed by atoms with Gasteiger partial charge in [0.1, 0.15) is 18.1 Å². The lowest BCUT2D eigenvalue weighted by atomic mass is 10.2. The predicted octanol–water partition coefficient (Wildman–Crippen LogP) is 3.08. The highest BCUT2D eigenvalue weighted by molar-refractivity contribution is 5.79. The van der Waals surface area contributed by atoms with Crippen LogP contribution >= 0.6 is 0 Å². The molecule has 5 nitrogen and oxygen atoms in total. The van der Waals surface area contributed by atoms with E-state index in [2.05, 4.69) is 4.98 Å². The van der Waals surface area contributed by atoms with Crippen molar-refractivity contribution < 1.29 is 14.3 Å². The molecule has 1 heterocycles. The number of hydrogen-bond donors (Lipinski definition) is 0. The predicted molar refractivity (Wildman–Crippen MR) is 79.8 cm³/mol. The van der Waals surface area contributed by atoms with Crippen LogP contribution in [0.25, 0.3) is 0 Å². The van der Waals surface area contributed by atoms with E-state index < -0.39 is 0 Å². The summed E-state index contributed by atoms with van der Waals surface area (Å²) in [6, 6.07) is 5.25. The van der Waals surface area contributed by atoms with E-state index in [1.165, 1.54) is 0 Å². The van der Waals surface area contributed by atoms with Crippen molar-refractivity contribution in [3.8, 4) is 11.5 Å². The largest absolute Gasteiger partial charge is 0.493 e. The number of carbonyl (C=O) groups excluding carboxylic acids is 1. The van der Waals surface area contributed by atoms with Crippen molar-refractivity contribution in [2.24, 2.45) is 0 Å². The van der Waals surface area contributed by atoms with Crippen LogP contribution in [0.15, 0.2) is 30.7 Å². The molecule has 2 aromatic rings. The van der Waals surface area contributed by atoms with Crippen molar-refractivity contribution in [2.45, 2.75) is 33.4 Å². The maximum absolute atomic E-state index is 11.1. The van der Waals surface area contributed by atoms with Crippen molar-refractivity contribution in [1.82, 2.24) is 9.55 Å². The molecule has 0 N–H and O–H groups in total. The highest BCUT2D eigenvalue weighted by Gasteiger charge is 2.08. The molecule has 0 amide bonds. The van der Waals surface area contributed by atoms with Crippen molar-refractivity contribution in [1.29, 1.82) is 0 Å². The van der Waals surface area contributed by atoms with Gasteiger partial charge in [-0.15, -0.1) is 0 Å². The van der Waals surface area contributed by atoms with Crippen LogP contribution < -0.4 is 9.47 Å². The molecule has 1 aromatic carbocycles. The number of rotatable bonds is 8. The van der Waals surface area contributed by atoms with Crippen molar-refractivity contribution in [2.75, 3.05) is 6.61 Å². The lowest BCUT2D eigenvalue weighted by Crippen LogP contribution is -2.05. The van der Waals surface area contributed by atoms with Crippen molar-refractivity contribution in [3.05, 3.63) is 42.0 Å². The Balaban J connectivity index is 2.11. The second kappa shape index (κ2) is 7.47. The van der Waals surface area contributed by atoms with Crippen LogP contribution in [-0.2, 0) is 13.2 Å². The summed E-state index contributed by atoms with van der Waals surface area (Å²) in [5, 5.41) is 0. The van der Waals surface area contributed by atoms with E-state index in [9.17, 15) is 4.79 Å². The molecular weight excluding hydrogens is 268 g/mol. The Morgan fingerprint density at radius 1 is 1.29 bits per heavy atom. The number of carbonyl (C=O) groups is 1. The van der Waals surface area contributed by atoms with E-state index in [1.807, 2.05) is 18.4 Å². The van der Waals surface area contributed by atoms with Crippen LogP contribution in [0.2, 0.25) is 0 Å². The number of aryl methyl sites for hydroxylation is 1. The van der Waals surface area contributed by atoms with Gasteiger partial charge in [0, 0.05) is 12.6 Å². The number of imidazole rings is 1. The van der Waals surface area contributed by atoms with E-state index in [1.54, 1.807) is 30.7 Å². The van der Waals surface area contributed by atoms with Crippen LogP contribution in [0.4, 0.5) is 0 Å². The minimum Gasteiger partial charge on any atom is -0.493 e. The SMILES string of the molecule is CCCOc1ccc(C=O)c(OCc2cncn2CC)c1. The molecule has 5 heteroatoms. The van der Waals surface area contributed by atoms with Gasteiger partial charge in [0.15, 0.2) is 6.29 Å². The van der Waals surface area contributed by atoms with Gasteiger partial charge in [-0.05, 0) is 25.5 Å². The lowest BCUT2D eigenvalue weighted by molar-refractivity contribution is 0.111. The van der Waals surface area contributed by atoms with Gasteiger partial charge in [0.25, 0.3) is 0 Å². The summed E-state index contributed by atoms with van der Waals surface area (Å²) < 4.78 is 13.3. The molecule has 0 unspecified atom stereocenters. The summed E-state index contributed by atoms with van der Waals surface area (Å²) in [6.45, 7) is 5.93. The molecule has 0 aliphatic rings. The molecule has 1 aromatic heterocycles. The fourth-order valence-electron chi connectivity index (χ4n) is 1.95. The minimum atomic E-state index is 0.367. The van der Waals surface area contributed by atoms with Crippen molar-refractivity contribution >= 4 is 6.29 Å². The fourth-order valence-corrected chi connectivity index (χ4v) is 1.95. The average Bonchev–Trinajstić information content (AvgIpc) is 2.98. The van der Waals surface area contributed by atoms with E-state index in [0.717, 1.165) is 24.9 Å². The smallest absolute Gasteiger partial charge is 0.153 e. The van der Waals surface area contributed by atoms with E-state index in [4.69, 9.17) is 9.47 Å². The van der Waals surface area contributed by atoms with Crippen LogP contribution in [0, 0.1) is 0 Å². The third kappa shape index (κ3) is 3.84. The molecule has 21 heavy (non-hydrogen) atoms. The summed E-state index contributed by atoms with van der Waals surface area (Å²) >= 11 is 0. The zero-order valence-corrected chi connectivity index (χ0v) is 12.4. The maximum atomic E-state index is 11.1. The molecule has 0 atom stereocenters. The quantitative estimate of drug-likeness (QED) is 0.700. The zero-order chi connectivity index (χ0) is 15.1. The molecule has 0 aliphatic heterocycles. The molecule has 0 radical (unpaired) electrons. The van der Waals surface area contributed by atoms with Gasteiger partial charge in [-0.1, -0.05) is 6.92 Å². The van der Waals surface area contributed by atoms with Crippen LogP contribution in [0.5, 0.6) is 11.5 Å². The normalized spacial score (nSPS) is 10.4. The molecular formula is C16H20N2O3. The Kier molecular flexibility index (Phi) is 5.37. The summed E-state index contributed by atoms with van der Waals surface area (Å²) in [5.74, 6) is 1.24. The molecule has 2 rings (SSSR count). The number of nitrogens with zero attached hydrogens (tertiary/aromatic N) is 2. The lowest BCUT2D eigenvalue weighted by Gasteiger charge is -2.12. The van der Waals surface area contributed by atoms with Crippen molar-refractivity contribution in [3.63, 3.8) is 0 Å². The fraction of sp³-hybridized carbons (Fsp3) is 0.375. The van der Waals surface area contributed by atoms with Gasteiger partial charge in [-0.25, -0.2) is 4.98 Å². The first-order valence-corrected chi connectivity index (χ1v) is 7.12. The van der Waals surface area contributed by atoms with Gasteiger partial charge in [-0.3, -0.25) is 4.79 Å². The van der Waals surface area contributed by atoms with Gasteiger partial charge >= 0.3 is 0 Å². The summed E-state index contributed by atoms with van der Waals surface area (Å²) in [5.41, 5.74) is 1.48. The number of benzene rings is 1. The molecule has 112 valence electrons. The number of hydrogen-bond acceptors (Lipinski definition) is 4. The minimum absolute atomic E-state index is 0.367. The first-order chi connectivity index (χ1) is 10.3. The van der Waals surface area contributed by atoms with Gasteiger partial charge in [-0.2, -0.15) is 0 Å². The number of aromatic nitrogens is 2. The second-order valence-electron chi connectivity index (χ2n) is 4.63. The number of ether oxygens (including phenoxy) is 2. The van der Waals surface area contributed by atoms with E-state index in [0.29, 0.717) is 30.3 Å². The summed E-state index contributed by atoms with van der Waals surface area (Å²) in [6.07, 6.45) is 5.25. The highest BCUT2D eigenvalue weighted by Crippen LogP contribution is 2.25. The van der Waals surface area contributed by atoms with Gasteiger partial charge < -0.3 is 14.0 Å². The Hall–Kier alpha value is -2.30. The summed E-state index contributed by atoms with van der Waals surface area (Å²) in [7, 11) is 0. The molecule has 0 saturated carbocycles. The Bertz CT molecular complexity index is 593. The molecule has 0 bridgehead atoms. The Morgan fingerprint density at radius 3 is 2.86 bits per heavy atom. The van der Waals surface area contributed by atoms with Crippen LogP contribution in [0.1, 0.15) is 36.3 Å². The molecule has 0 saturated heterocycles. The van der Waals surface area contributed by atoms with E-state index in [-0.39, 0.29) is 0 Å².